The molecule has 0 unspecified atom stereocenters. The van der Waals surface area contributed by atoms with Crippen molar-refractivity contribution in [3.05, 3.63) is 48.3 Å². The highest BCUT2D eigenvalue weighted by Gasteiger charge is 2.25. The molecule has 176 valence electrons. The predicted octanol–water partition coefficient (Wildman–Crippen LogP) is 5.83. The highest BCUT2D eigenvalue weighted by molar-refractivity contribution is 5.78. The number of Topliss-reactive ketones (excluding diaryl/α,β-unsaturated/α-hetero) is 1. The van der Waals surface area contributed by atoms with Crippen LogP contribution in [-0.4, -0.2) is 34.1 Å². The van der Waals surface area contributed by atoms with Crippen LogP contribution in [0.1, 0.15) is 46.0 Å². The van der Waals surface area contributed by atoms with Crippen LogP contribution in [0.3, 0.4) is 0 Å². The molecule has 1 aromatic heterocycles. The summed E-state index contributed by atoms with van der Waals surface area (Å²) in [5.41, 5.74) is 1.73. The molecule has 33 heavy (non-hydrogen) atoms. The molecule has 3 aromatic rings. The zero-order valence-electron chi connectivity index (χ0n) is 19.4. The van der Waals surface area contributed by atoms with Crippen molar-refractivity contribution in [2.75, 3.05) is 6.61 Å². The number of halogens is 1. The largest absolute Gasteiger partial charge is 0.461 e. The molecular weight excluding hydrogens is 423 g/mol. The highest BCUT2D eigenvalue weighted by atomic mass is 19.1. The third-order valence-corrected chi connectivity index (χ3v) is 6.01. The minimum absolute atomic E-state index is 0.102. The summed E-state index contributed by atoms with van der Waals surface area (Å²) < 4.78 is 33.2. The molecular formula is C26H31FN2O4. The molecule has 6 nitrogen and oxygen atoms in total. The summed E-state index contributed by atoms with van der Waals surface area (Å²) >= 11 is 0. The average molecular weight is 455 g/mol. The van der Waals surface area contributed by atoms with Crippen LogP contribution in [-0.2, 0) is 16.6 Å². The van der Waals surface area contributed by atoms with Gasteiger partial charge in [0.05, 0.1) is 17.1 Å². The Hall–Kier alpha value is -2.93. The van der Waals surface area contributed by atoms with Crippen molar-refractivity contribution >= 4 is 16.8 Å². The van der Waals surface area contributed by atoms with Crippen LogP contribution in [0.25, 0.3) is 11.0 Å². The van der Waals surface area contributed by atoms with Crippen LogP contribution < -0.4 is 9.47 Å². The van der Waals surface area contributed by atoms with Crippen molar-refractivity contribution < 1.29 is 23.4 Å². The van der Waals surface area contributed by atoms with E-state index in [4.69, 9.17) is 14.2 Å². The summed E-state index contributed by atoms with van der Waals surface area (Å²) in [5.74, 6) is 1.40. The molecule has 4 rings (SSSR count). The number of aromatic nitrogens is 2. The first-order chi connectivity index (χ1) is 15.9. The first-order valence-corrected chi connectivity index (χ1v) is 11.5. The number of imidazole rings is 1. The van der Waals surface area contributed by atoms with Gasteiger partial charge in [0, 0.05) is 26.1 Å². The lowest BCUT2D eigenvalue weighted by Gasteiger charge is -2.29. The Kier molecular flexibility index (Phi) is 7.28. The lowest BCUT2D eigenvalue weighted by atomic mass is 9.95. The first-order valence-electron chi connectivity index (χ1n) is 11.5. The van der Waals surface area contributed by atoms with E-state index in [-0.39, 0.29) is 29.7 Å². The number of carbonyl (C=O) groups is 1. The predicted molar refractivity (Wildman–Crippen MR) is 124 cm³/mol. The fourth-order valence-corrected chi connectivity index (χ4v) is 4.27. The highest BCUT2D eigenvalue weighted by Crippen LogP contribution is 2.30. The molecule has 1 aliphatic carbocycles. The van der Waals surface area contributed by atoms with Gasteiger partial charge in [0.2, 0.25) is 0 Å². The van der Waals surface area contributed by atoms with E-state index in [1.54, 1.807) is 19.1 Å². The number of hydrogen-bond acceptors (Lipinski definition) is 5. The maximum Gasteiger partial charge on any atom is 0.297 e. The Bertz CT molecular complexity index is 1090. The van der Waals surface area contributed by atoms with Crippen molar-refractivity contribution in [2.24, 2.45) is 13.0 Å². The minimum atomic E-state index is -0.297. The smallest absolute Gasteiger partial charge is 0.297 e. The Labute approximate surface area is 193 Å². The topological polar surface area (TPSA) is 62.6 Å². The molecule has 1 heterocycles. The van der Waals surface area contributed by atoms with Crippen LogP contribution in [0.5, 0.6) is 17.5 Å². The molecule has 0 bridgehead atoms. The molecule has 0 amide bonds. The van der Waals surface area contributed by atoms with Gasteiger partial charge in [-0.25, -0.2) is 4.39 Å². The first kappa shape index (κ1) is 23.2. The second-order valence-corrected chi connectivity index (χ2v) is 9.02. The monoisotopic (exact) mass is 454 g/mol. The van der Waals surface area contributed by atoms with E-state index in [2.05, 4.69) is 11.9 Å². The quantitative estimate of drug-likeness (QED) is 0.407. The Morgan fingerprint density at radius 2 is 1.76 bits per heavy atom. The van der Waals surface area contributed by atoms with Crippen molar-refractivity contribution in [2.45, 2.75) is 58.2 Å². The zero-order valence-corrected chi connectivity index (χ0v) is 19.4. The van der Waals surface area contributed by atoms with Gasteiger partial charge in [-0.1, -0.05) is 6.92 Å². The van der Waals surface area contributed by atoms with Crippen LogP contribution in [0, 0.1) is 11.7 Å². The van der Waals surface area contributed by atoms with Crippen LogP contribution in [0.2, 0.25) is 0 Å². The maximum absolute atomic E-state index is 13.1. The van der Waals surface area contributed by atoms with Gasteiger partial charge < -0.3 is 19.0 Å². The lowest BCUT2D eigenvalue weighted by molar-refractivity contribution is -0.118. The summed E-state index contributed by atoms with van der Waals surface area (Å²) in [5, 5.41) is 0. The van der Waals surface area contributed by atoms with E-state index in [1.807, 2.05) is 29.8 Å². The normalized spacial score (nSPS) is 19.4. The van der Waals surface area contributed by atoms with E-state index in [1.165, 1.54) is 12.1 Å². The molecule has 1 saturated carbocycles. The zero-order chi connectivity index (χ0) is 23.4. The van der Waals surface area contributed by atoms with Crippen LogP contribution >= 0.6 is 0 Å². The van der Waals surface area contributed by atoms with Crippen molar-refractivity contribution in [3.63, 3.8) is 0 Å². The van der Waals surface area contributed by atoms with Gasteiger partial charge in [0.25, 0.3) is 6.01 Å². The van der Waals surface area contributed by atoms with E-state index < -0.39 is 0 Å². The number of hydrogen-bond donors (Lipinski definition) is 0. The number of rotatable bonds is 9. The number of nitrogens with zero attached hydrogens (tertiary/aromatic N) is 2. The third-order valence-electron chi connectivity index (χ3n) is 6.01. The standard InChI is InChI=1S/C26H31FN2O4/c1-17(14-18(2)30)16-31-20-8-10-22(11-9-20)33-26-28-24-13-12-23(15-25(24)29(26)3)32-21-6-4-19(27)5-7-21/h4-7,12-13,15,17,20,22H,8-11,14,16H2,1-3H3/t17-,20?,22?/m1/s1. The van der Waals surface area contributed by atoms with E-state index in [0.717, 1.165) is 36.7 Å². The number of ketones is 1. The maximum atomic E-state index is 13.1. The van der Waals surface area contributed by atoms with E-state index in [9.17, 15) is 9.18 Å². The number of fused-ring (bicyclic) bond motifs is 1. The number of ether oxygens (including phenoxy) is 3. The van der Waals surface area contributed by atoms with E-state index in [0.29, 0.717) is 30.5 Å². The second kappa shape index (κ2) is 10.3. The Morgan fingerprint density at radius 3 is 2.45 bits per heavy atom. The molecule has 1 atom stereocenters. The van der Waals surface area contributed by atoms with Gasteiger partial charge in [-0.15, -0.1) is 0 Å². The van der Waals surface area contributed by atoms with Gasteiger partial charge in [0.1, 0.15) is 29.2 Å². The number of carbonyl (C=O) groups excluding carboxylic acids is 1. The third kappa shape index (κ3) is 6.11. The summed E-state index contributed by atoms with van der Waals surface area (Å²) in [6, 6.07) is 12.2. The van der Waals surface area contributed by atoms with Gasteiger partial charge in [0.15, 0.2) is 0 Å². The molecule has 1 fully saturated rings. The fraction of sp³-hybridized carbons (Fsp3) is 0.462. The lowest BCUT2D eigenvalue weighted by Crippen LogP contribution is -2.30. The summed E-state index contributed by atoms with van der Waals surface area (Å²) in [7, 11) is 1.93. The number of aryl methyl sites for hydroxylation is 1. The minimum Gasteiger partial charge on any atom is -0.461 e. The molecule has 7 heteroatoms. The molecule has 1 aliphatic rings. The molecule has 0 spiro atoms. The number of benzene rings is 2. The SMILES string of the molecule is CC(=O)C[C@@H](C)COC1CCC(Oc2nc3ccc(Oc4ccc(F)cc4)cc3n2C)CC1. The van der Waals surface area contributed by atoms with Gasteiger partial charge >= 0.3 is 0 Å². The van der Waals surface area contributed by atoms with Gasteiger partial charge in [-0.2, -0.15) is 4.98 Å². The molecule has 0 radical (unpaired) electrons. The summed E-state index contributed by atoms with van der Waals surface area (Å²) in [6.45, 7) is 4.31. The summed E-state index contributed by atoms with van der Waals surface area (Å²) in [6.07, 6.45) is 4.60. The van der Waals surface area contributed by atoms with Gasteiger partial charge in [-0.05, 0) is 74.9 Å². The molecule has 0 saturated heterocycles. The molecule has 2 aromatic carbocycles. The van der Waals surface area contributed by atoms with E-state index >= 15 is 0 Å². The van der Waals surface area contributed by atoms with Crippen molar-refractivity contribution in [3.8, 4) is 17.5 Å². The Balaban J connectivity index is 1.33. The molecule has 0 N–H and O–H groups in total. The molecule has 0 aliphatic heterocycles. The fourth-order valence-electron chi connectivity index (χ4n) is 4.27. The second-order valence-electron chi connectivity index (χ2n) is 9.02. The van der Waals surface area contributed by atoms with Crippen LogP contribution in [0.4, 0.5) is 4.39 Å². The Morgan fingerprint density at radius 1 is 1.09 bits per heavy atom. The average Bonchev–Trinajstić information content (AvgIpc) is 3.09. The summed E-state index contributed by atoms with van der Waals surface area (Å²) in [4.78, 5) is 15.9. The van der Waals surface area contributed by atoms with Crippen molar-refractivity contribution in [1.29, 1.82) is 0 Å². The van der Waals surface area contributed by atoms with Crippen LogP contribution in [0.15, 0.2) is 42.5 Å². The van der Waals surface area contributed by atoms with Crippen molar-refractivity contribution in [1.82, 2.24) is 9.55 Å². The van der Waals surface area contributed by atoms with Gasteiger partial charge in [-0.3, -0.25) is 4.57 Å².